The van der Waals surface area contributed by atoms with Gasteiger partial charge < -0.3 is 4.90 Å². The monoisotopic (exact) mass is 419 g/mol. The lowest BCUT2D eigenvalue weighted by atomic mass is 10.2. The Hall–Kier alpha value is -2.33. The van der Waals surface area contributed by atoms with Crippen molar-refractivity contribution in [2.24, 2.45) is 0 Å². The molecule has 0 N–H and O–H groups in total. The first kappa shape index (κ1) is 20.4. The van der Waals surface area contributed by atoms with Gasteiger partial charge in [0, 0.05) is 19.7 Å². The van der Waals surface area contributed by atoms with Gasteiger partial charge in [-0.15, -0.1) is 11.3 Å². The van der Waals surface area contributed by atoms with E-state index < -0.39 is 10.0 Å². The summed E-state index contributed by atoms with van der Waals surface area (Å²) in [5, 5.41) is 0.845. The number of benzene rings is 2. The molecular formula is C19H21N3O4S2. The number of carbonyl (C=O) groups is 1. The first-order chi connectivity index (χ1) is 13.3. The summed E-state index contributed by atoms with van der Waals surface area (Å²) >= 11 is 1.55. The predicted molar refractivity (Wildman–Crippen MR) is 109 cm³/mol. The quantitative estimate of drug-likeness (QED) is 0.573. The fraction of sp³-hybridized carbons (Fsp3) is 0.263. The number of para-hydroxylation sites is 1. The van der Waals surface area contributed by atoms with Crippen LogP contribution >= 0.6 is 11.3 Å². The van der Waals surface area contributed by atoms with E-state index >= 15 is 0 Å². The first-order valence-corrected chi connectivity index (χ1v) is 10.8. The van der Waals surface area contributed by atoms with E-state index in [9.17, 15) is 13.2 Å². The van der Waals surface area contributed by atoms with E-state index in [4.69, 9.17) is 4.84 Å². The van der Waals surface area contributed by atoms with E-state index in [2.05, 4.69) is 4.98 Å². The molecule has 1 heterocycles. The van der Waals surface area contributed by atoms with Crippen molar-refractivity contribution in [1.82, 2.24) is 14.4 Å². The van der Waals surface area contributed by atoms with Gasteiger partial charge in [0.05, 0.1) is 28.3 Å². The molecule has 1 aromatic heterocycles. The number of hydrogen-bond acceptors (Lipinski definition) is 6. The third kappa shape index (κ3) is 3.79. The maximum atomic E-state index is 12.8. The first-order valence-electron chi connectivity index (χ1n) is 8.51. The lowest BCUT2D eigenvalue weighted by Crippen LogP contribution is -2.30. The minimum Gasteiger partial charge on any atom is -0.333 e. The molecule has 0 unspecified atom stereocenters. The van der Waals surface area contributed by atoms with Crippen molar-refractivity contribution in [3.8, 4) is 0 Å². The minimum atomic E-state index is -3.75. The third-order valence-corrected chi connectivity index (χ3v) is 7.46. The SMILES string of the molecule is CON(C)S(=O)(=O)c1ccc(C(=O)N(C)[C@H](C)c2nc3ccccc3s2)cc1. The number of fused-ring (bicyclic) bond motifs is 1. The number of rotatable bonds is 6. The molecule has 0 saturated carbocycles. The molecule has 7 nitrogen and oxygen atoms in total. The highest BCUT2D eigenvalue weighted by atomic mass is 32.2. The van der Waals surface area contributed by atoms with Crippen molar-refractivity contribution < 1.29 is 18.0 Å². The molecule has 0 fully saturated rings. The molecule has 3 rings (SSSR count). The van der Waals surface area contributed by atoms with Crippen LogP contribution in [0.4, 0.5) is 0 Å². The smallest absolute Gasteiger partial charge is 0.264 e. The Kier molecular flexibility index (Phi) is 5.80. The summed E-state index contributed by atoms with van der Waals surface area (Å²) in [6.07, 6.45) is 0. The van der Waals surface area contributed by atoms with Crippen molar-refractivity contribution in [2.45, 2.75) is 17.9 Å². The van der Waals surface area contributed by atoms with E-state index in [1.807, 2.05) is 31.2 Å². The summed E-state index contributed by atoms with van der Waals surface area (Å²) in [5.41, 5.74) is 1.31. The van der Waals surface area contributed by atoms with Crippen LogP contribution in [0.1, 0.15) is 28.3 Å². The highest BCUT2D eigenvalue weighted by Gasteiger charge is 2.24. The molecule has 1 amide bonds. The summed E-state index contributed by atoms with van der Waals surface area (Å²) in [7, 11) is 0.542. The standard InChI is InChI=1S/C19H21N3O4S2/c1-13(18-20-16-7-5-6-8-17(16)27-18)21(2)19(23)14-9-11-15(12-10-14)28(24,25)22(3)26-4/h5-13H,1-4H3/t13-/m1/s1. The van der Waals surface area contributed by atoms with Crippen molar-refractivity contribution >= 4 is 37.5 Å². The summed E-state index contributed by atoms with van der Waals surface area (Å²) < 4.78 is 26.4. The van der Waals surface area contributed by atoms with Gasteiger partial charge in [-0.1, -0.05) is 16.6 Å². The van der Waals surface area contributed by atoms with E-state index in [-0.39, 0.29) is 16.8 Å². The Labute approximate surface area is 168 Å². The fourth-order valence-electron chi connectivity index (χ4n) is 2.63. The van der Waals surface area contributed by atoms with Gasteiger partial charge in [-0.05, 0) is 43.3 Å². The van der Waals surface area contributed by atoms with Gasteiger partial charge in [-0.3, -0.25) is 9.63 Å². The number of hydrogen-bond donors (Lipinski definition) is 0. The molecule has 0 aliphatic rings. The van der Waals surface area contributed by atoms with Gasteiger partial charge in [0.1, 0.15) is 5.01 Å². The molecule has 9 heteroatoms. The van der Waals surface area contributed by atoms with Crippen LogP contribution in [0, 0.1) is 0 Å². The lowest BCUT2D eigenvalue weighted by molar-refractivity contribution is -0.0258. The molecule has 0 spiro atoms. The van der Waals surface area contributed by atoms with Crippen LogP contribution in [0.5, 0.6) is 0 Å². The topological polar surface area (TPSA) is 79.8 Å². The Balaban J connectivity index is 1.81. The molecule has 0 radical (unpaired) electrons. The highest BCUT2D eigenvalue weighted by Crippen LogP contribution is 2.29. The summed E-state index contributed by atoms with van der Waals surface area (Å²) in [6.45, 7) is 1.92. The second-order valence-electron chi connectivity index (χ2n) is 6.23. The largest absolute Gasteiger partial charge is 0.333 e. The van der Waals surface area contributed by atoms with Crippen LogP contribution < -0.4 is 0 Å². The second kappa shape index (κ2) is 7.96. The average molecular weight is 420 g/mol. The summed E-state index contributed by atoms with van der Waals surface area (Å²) in [5.74, 6) is -0.212. The van der Waals surface area contributed by atoms with Gasteiger partial charge in [-0.2, -0.15) is 0 Å². The van der Waals surface area contributed by atoms with Gasteiger partial charge in [-0.25, -0.2) is 13.4 Å². The zero-order valence-electron chi connectivity index (χ0n) is 16.0. The van der Waals surface area contributed by atoms with E-state index in [0.717, 1.165) is 19.7 Å². The average Bonchev–Trinajstić information content (AvgIpc) is 3.15. The van der Waals surface area contributed by atoms with Crippen LogP contribution in [0.25, 0.3) is 10.2 Å². The number of sulfonamides is 1. The number of amides is 1. The predicted octanol–water partition coefficient (Wildman–Crippen LogP) is 3.31. The highest BCUT2D eigenvalue weighted by molar-refractivity contribution is 7.89. The van der Waals surface area contributed by atoms with Crippen LogP contribution in [0.2, 0.25) is 0 Å². The molecule has 1 atom stereocenters. The van der Waals surface area contributed by atoms with Crippen molar-refractivity contribution in [3.63, 3.8) is 0 Å². The van der Waals surface area contributed by atoms with Gasteiger partial charge in [0.25, 0.3) is 15.9 Å². The molecule has 148 valence electrons. The molecule has 28 heavy (non-hydrogen) atoms. The zero-order valence-corrected chi connectivity index (χ0v) is 17.6. The molecule has 2 aromatic carbocycles. The minimum absolute atomic E-state index is 0.0512. The molecule has 0 aliphatic heterocycles. The van der Waals surface area contributed by atoms with Gasteiger partial charge >= 0.3 is 0 Å². The Morgan fingerprint density at radius 1 is 1.11 bits per heavy atom. The van der Waals surface area contributed by atoms with E-state index in [1.54, 1.807) is 23.3 Å². The van der Waals surface area contributed by atoms with E-state index in [1.165, 1.54) is 38.4 Å². The Morgan fingerprint density at radius 2 is 1.75 bits per heavy atom. The fourth-order valence-corrected chi connectivity index (χ4v) is 4.67. The lowest BCUT2D eigenvalue weighted by Gasteiger charge is -2.23. The molecule has 0 bridgehead atoms. The molecule has 0 saturated heterocycles. The zero-order chi connectivity index (χ0) is 20.5. The second-order valence-corrected chi connectivity index (χ2v) is 9.23. The Morgan fingerprint density at radius 3 is 2.36 bits per heavy atom. The van der Waals surface area contributed by atoms with Crippen molar-refractivity contribution in [1.29, 1.82) is 0 Å². The maximum absolute atomic E-state index is 12.8. The summed E-state index contributed by atoms with van der Waals surface area (Å²) in [6, 6.07) is 13.4. The normalized spacial score (nSPS) is 13.0. The van der Waals surface area contributed by atoms with E-state index in [0.29, 0.717) is 5.56 Å². The van der Waals surface area contributed by atoms with Crippen LogP contribution in [0.3, 0.4) is 0 Å². The summed E-state index contributed by atoms with van der Waals surface area (Å²) in [4.78, 5) is 23.9. The van der Waals surface area contributed by atoms with Crippen LogP contribution in [-0.2, 0) is 14.9 Å². The number of carbonyl (C=O) groups excluding carboxylic acids is 1. The number of hydroxylamine groups is 1. The van der Waals surface area contributed by atoms with Gasteiger partial charge in [0.2, 0.25) is 0 Å². The third-order valence-electron chi connectivity index (χ3n) is 4.56. The molecular weight excluding hydrogens is 398 g/mol. The maximum Gasteiger partial charge on any atom is 0.264 e. The van der Waals surface area contributed by atoms with Crippen molar-refractivity contribution in [2.75, 3.05) is 21.2 Å². The molecule has 3 aromatic rings. The van der Waals surface area contributed by atoms with Gasteiger partial charge in [0.15, 0.2) is 0 Å². The van der Waals surface area contributed by atoms with Crippen LogP contribution in [-0.4, -0.2) is 49.9 Å². The molecule has 0 aliphatic carbocycles. The Bertz CT molecular complexity index is 1060. The number of aromatic nitrogens is 1. The van der Waals surface area contributed by atoms with Crippen molar-refractivity contribution in [3.05, 3.63) is 59.1 Å². The van der Waals surface area contributed by atoms with Crippen LogP contribution in [0.15, 0.2) is 53.4 Å². The number of nitrogens with zero attached hydrogens (tertiary/aromatic N) is 3. The number of thiazole rings is 1.